The minimum Gasteiger partial charge on any atom is -0.377 e. The van der Waals surface area contributed by atoms with E-state index in [4.69, 9.17) is 10.5 Å². The van der Waals surface area contributed by atoms with Gasteiger partial charge in [-0.1, -0.05) is 0 Å². The quantitative estimate of drug-likeness (QED) is 0.637. The zero-order chi connectivity index (χ0) is 10.4. The Morgan fingerprint density at radius 2 is 2.21 bits per heavy atom. The van der Waals surface area contributed by atoms with E-state index in [9.17, 15) is 0 Å². The van der Waals surface area contributed by atoms with Gasteiger partial charge < -0.3 is 15.4 Å². The Labute approximate surface area is 87.6 Å². The van der Waals surface area contributed by atoms with Gasteiger partial charge in [0, 0.05) is 26.2 Å². The van der Waals surface area contributed by atoms with Crippen molar-refractivity contribution in [3.63, 3.8) is 0 Å². The molecule has 0 bridgehead atoms. The highest BCUT2D eigenvalue weighted by Gasteiger charge is 2.22. The fourth-order valence-electron chi connectivity index (χ4n) is 1.70. The van der Waals surface area contributed by atoms with Crippen LogP contribution >= 0.6 is 0 Å². The van der Waals surface area contributed by atoms with Crippen LogP contribution in [0.4, 0.5) is 0 Å². The molecule has 1 atom stereocenters. The fourth-order valence-corrected chi connectivity index (χ4v) is 1.70. The van der Waals surface area contributed by atoms with Crippen LogP contribution in [0, 0.1) is 5.92 Å². The molecule has 0 aliphatic heterocycles. The van der Waals surface area contributed by atoms with Gasteiger partial charge in [0.25, 0.3) is 0 Å². The maximum atomic E-state index is 5.62. The van der Waals surface area contributed by atoms with Gasteiger partial charge >= 0.3 is 0 Å². The molecule has 3 nitrogen and oxygen atoms in total. The summed E-state index contributed by atoms with van der Waals surface area (Å²) in [6.07, 6.45) is 4.17. The molecule has 0 aromatic rings. The second kappa shape index (κ2) is 6.38. The summed E-state index contributed by atoms with van der Waals surface area (Å²) in [5.74, 6) is 0.975. The van der Waals surface area contributed by atoms with E-state index in [0.29, 0.717) is 6.54 Å². The van der Waals surface area contributed by atoms with Gasteiger partial charge in [-0.2, -0.15) is 0 Å². The zero-order valence-corrected chi connectivity index (χ0v) is 9.54. The summed E-state index contributed by atoms with van der Waals surface area (Å²) in [4.78, 5) is 2.40. The lowest BCUT2D eigenvalue weighted by atomic mass is 10.2. The lowest BCUT2D eigenvalue weighted by molar-refractivity contribution is 0.0561. The molecule has 2 N–H and O–H groups in total. The summed E-state index contributed by atoms with van der Waals surface area (Å²) in [5, 5.41) is 0. The zero-order valence-electron chi connectivity index (χ0n) is 9.54. The third-order valence-electron chi connectivity index (χ3n) is 2.76. The topological polar surface area (TPSA) is 38.5 Å². The molecule has 0 saturated heterocycles. The van der Waals surface area contributed by atoms with Crippen LogP contribution in [-0.2, 0) is 4.74 Å². The number of rotatable bonds is 8. The maximum absolute atomic E-state index is 5.62. The Morgan fingerprint density at radius 1 is 1.50 bits per heavy atom. The first kappa shape index (κ1) is 12.0. The van der Waals surface area contributed by atoms with Crippen LogP contribution in [-0.4, -0.2) is 44.3 Å². The predicted octanol–water partition coefficient (Wildman–Crippen LogP) is 1.08. The molecule has 0 radical (unpaired) electrons. The molecule has 1 saturated carbocycles. The van der Waals surface area contributed by atoms with Gasteiger partial charge in [-0.25, -0.2) is 0 Å². The standard InChI is InChI=1S/C11H24N2O/c1-3-14-11(8-12)6-7-13(2)9-10-4-5-10/h10-11H,3-9,12H2,1-2H3. The molecule has 1 unspecified atom stereocenters. The number of hydrogen-bond acceptors (Lipinski definition) is 3. The Hall–Kier alpha value is -0.120. The van der Waals surface area contributed by atoms with Crippen molar-refractivity contribution in [3.05, 3.63) is 0 Å². The van der Waals surface area contributed by atoms with Gasteiger partial charge in [-0.15, -0.1) is 0 Å². The van der Waals surface area contributed by atoms with Crippen LogP contribution in [0.25, 0.3) is 0 Å². The van der Waals surface area contributed by atoms with Crippen LogP contribution in [0.3, 0.4) is 0 Å². The summed E-state index contributed by atoms with van der Waals surface area (Å²) in [7, 11) is 2.19. The summed E-state index contributed by atoms with van der Waals surface area (Å²) >= 11 is 0. The Kier molecular flexibility index (Phi) is 5.45. The molecular weight excluding hydrogens is 176 g/mol. The summed E-state index contributed by atoms with van der Waals surface area (Å²) < 4.78 is 5.51. The van der Waals surface area contributed by atoms with Gasteiger partial charge in [0.05, 0.1) is 6.10 Å². The second-order valence-electron chi connectivity index (χ2n) is 4.31. The molecule has 0 aromatic carbocycles. The molecule has 14 heavy (non-hydrogen) atoms. The van der Waals surface area contributed by atoms with E-state index in [-0.39, 0.29) is 6.10 Å². The third-order valence-corrected chi connectivity index (χ3v) is 2.76. The fraction of sp³-hybridized carbons (Fsp3) is 1.00. The summed E-state index contributed by atoms with van der Waals surface area (Å²) in [6, 6.07) is 0. The lowest BCUT2D eigenvalue weighted by Gasteiger charge is -2.20. The maximum Gasteiger partial charge on any atom is 0.0709 e. The molecule has 0 amide bonds. The van der Waals surface area contributed by atoms with E-state index in [2.05, 4.69) is 11.9 Å². The molecular formula is C11H24N2O. The SMILES string of the molecule is CCOC(CN)CCN(C)CC1CC1. The molecule has 3 heteroatoms. The van der Waals surface area contributed by atoms with Gasteiger partial charge in [-0.3, -0.25) is 0 Å². The number of hydrogen-bond donors (Lipinski definition) is 1. The first-order valence-corrected chi connectivity index (χ1v) is 5.76. The highest BCUT2D eigenvalue weighted by Crippen LogP contribution is 2.29. The van der Waals surface area contributed by atoms with E-state index in [1.807, 2.05) is 6.92 Å². The van der Waals surface area contributed by atoms with E-state index in [1.165, 1.54) is 19.4 Å². The smallest absolute Gasteiger partial charge is 0.0709 e. The van der Waals surface area contributed by atoms with Gasteiger partial charge in [0.15, 0.2) is 0 Å². The van der Waals surface area contributed by atoms with E-state index >= 15 is 0 Å². The Bertz CT molecular complexity index is 148. The van der Waals surface area contributed by atoms with Gasteiger partial charge in [0.2, 0.25) is 0 Å². The van der Waals surface area contributed by atoms with Crippen molar-refractivity contribution in [2.75, 3.05) is 33.3 Å². The molecule has 0 aromatic heterocycles. The molecule has 0 heterocycles. The molecule has 1 aliphatic carbocycles. The monoisotopic (exact) mass is 200 g/mol. The Balaban J connectivity index is 2.03. The van der Waals surface area contributed by atoms with E-state index in [1.54, 1.807) is 0 Å². The highest BCUT2D eigenvalue weighted by molar-refractivity contribution is 4.76. The first-order chi connectivity index (χ1) is 6.76. The van der Waals surface area contributed by atoms with Crippen LogP contribution in [0.1, 0.15) is 26.2 Å². The van der Waals surface area contributed by atoms with E-state index < -0.39 is 0 Å². The van der Waals surface area contributed by atoms with Crippen LogP contribution in [0.15, 0.2) is 0 Å². The average Bonchev–Trinajstić information content (AvgIpc) is 2.96. The molecule has 84 valence electrons. The van der Waals surface area contributed by atoms with Crippen LogP contribution < -0.4 is 5.73 Å². The predicted molar refractivity (Wildman–Crippen MR) is 59.3 cm³/mol. The number of nitrogens with two attached hydrogens (primary N) is 1. The second-order valence-corrected chi connectivity index (χ2v) is 4.31. The summed E-state index contributed by atoms with van der Waals surface area (Å²) in [5.41, 5.74) is 5.62. The molecule has 1 rings (SSSR count). The van der Waals surface area contributed by atoms with Crippen molar-refractivity contribution >= 4 is 0 Å². The van der Waals surface area contributed by atoms with Gasteiger partial charge in [-0.05, 0) is 39.2 Å². The molecule has 1 aliphatic rings. The van der Waals surface area contributed by atoms with Crippen molar-refractivity contribution < 1.29 is 4.74 Å². The van der Waals surface area contributed by atoms with Crippen molar-refractivity contribution in [1.29, 1.82) is 0 Å². The largest absolute Gasteiger partial charge is 0.377 e. The number of nitrogens with zero attached hydrogens (tertiary/aromatic N) is 1. The minimum atomic E-state index is 0.252. The van der Waals surface area contributed by atoms with Gasteiger partial charge in [0.1, 0.15) is 0 Å². The molecule has 0 spiro atoms. The van der Waals surface area contributed by atoms with Crippen molar-refractivity contribution in [1.82, 2.24) is 4.90 Å². The average molecular weight is 200 g/mol. The van der Waals surface area contributed by atoms with Crippen LogP contribution in [0.5, 0.6) is 0 Å². The van der Waals surface area contributed by atoms with Crippen molar-refractivity contribution in [3.8, 4) is 0 Å². The van der Waals surface area contributed by atoms with Crippen molar-refractivity contribution in [2.45, 2.75) is 32.3 Å². The van der Waals surface area contributed by atoms with E-state index in [0.717, 1.165) is 25.5 Å². The first-order valence-electron chi connectivity index (χ1n) is 5.76. The normalized spacial score (nSPS) is 18.9. The third kappa shape index (κ3) is 4.94. The summed E-state index contributed by atoms with van der Waals surface area (Å²) in [6.45, 7) is 5.80. The Morgan fingerprint density at radius 3 is 2.71 bits per heavy atom. The highest BCUT2D eigenvalue weighted by atomic mass is 16.5. The van der Waals surface area contributed by atoms with Crippen LogP contribution in [0.2, 0.25) is 0 Å². The molecule has 1 fully saturated rings. The van der Waals surface area contributed by atoms with Crippen molar-refractivity contribution in [2.24, 2.45) is 11.7 Å². The number of ether oxygens (including phenoxy) is 1. The lowest BCUT2D eigenvalue weighted by Crippen LogP contribution is -2.30. The minimum absolute atomic E-state index is 0.252.